The SMILES string of the molecule is CNCC1(Cc2cscn2)CCCCC1. The van der Waals surface area contributed by atoms with Crippen molar-refractivity contribution in [2.45, 2.75) is 38.5 Å². The van der Waals surface area contributed by atoms with Gasteiger partial charge >= 0.3 is 0 Å². The van der Waals surface area contributed by atoms with Gasteiger partial charge in [-0.25, -0.2) is 4.98 Å². The highest BCUT2D eigenvalue weighted by atomic mass is 32.1. The lowest BCUT2D eigenvalue weighted by Crippen LogP contribution is -2.36. The van der Waals surface area contributed by atoms with Crippen LogP contribution in [0.25, 0.3) is 0 Å². The summed E-state index contributed by atoms with van der Waals surface area (Å²) in [6.45, 7) is 1.14. The normalized spacial score (nSPS) is 20.3. The summed E-state index contributed by atoms with van der Waals surface area (Å²) in [5.74, 6) is 0. The molecule has 1 saturated carbocycles. The summed E-state index contributed by atoms with van der Waals surface area (Å²) in [4.78, 5) is 4.43. The van der Waals surface area contributed by atoms with Gasteiger partial charge in [0.2, 0.25) is 0 Å². The third-order valence-corrected chi connectivity index (χ3v) is 4.14. The third-order valence-electron chi connectivity index (χ3n) is 3.51. The average Bonchev–Trinajstić information content (AvgIpc) is 2.72. The van der Waals surface area contributed by atoms with Crippen LogP contribution >= 0.6 is 11.3 Å². The van der Waals surface area contributed by atoms with Gasteiger partial charge in [-0.1, -0.05) is 19.3 Å². The first kappa shape index (κ1) is 11.1. The van der Waals surface area contributed by atoms with Crippen LogP contribution in [-0.4, -0.2) is 18.6 Å². The second-order valence-corrected chi connectivity index (χ2v) is 5.47. The molecule has 1 N–H and O–H groups in total. The highest BCUT2D eigenvalue weighted by molar-refractivity contribution is 7.07. The minimum atomic E-state index is 0.487. The Morgan fingerprint density at radius 1 is 1.40 bits per heavy atom. The standard InChI is InChI=1S/C12H20N2S/c1-13-9-12(5-3-2-4-6-12)7-11-8-15-10-14-11/h8,10,13H,2-7,9H2,1H3. The Kier molecular flexibility index (Phi) is 3.76. The van der Waals surface area contributed by atoms with E-state index in [9.17, 15) is 0 Å². The van der Waals surface area contributed by atoms with Gasteiger partial charge in [0.1, 0.15) is 0 Å². The summed E-state index contributed by atoms with van der Waals surface area (Å²) in [5.41, 5.74) is 3.73. The van der Waals surface area contributed by atoms with E-state index >= 15 is 0 Å². The van der Waals surface area contributed by atoms with Gasteiger partial charge in [0.05, 0.1) is 11.2 Å². The molecule has 0 atom stereocenters. The van der Waals surface area contributed by atoms with Crippen molar-refractivity contribution in [3.63, 3.8) is 0 Å². The van der Waals surface area contributed by atoms with Gasteiger partial charge in [-0.15, -0.1) is 11.3 Å². The Morgan fingerprint density at radius 2 is 2.20 bits per heavy atom. The molecule has 84 valence electrons. The molecule has 2 rings (SSSR count). The van der Waals surface area contributed by atoms with Crippen LogP contribution in [0.2, 0.25) is 0 Å². The van der Waals surface area contributed by atoms with Crippen molar-refractivity contribution in [1.82, 2.24) is 10.3 Å². The maximum Gasteiger partial charge on any atom is 0.0794 e. The van der Waals surface area contributed by atoms with E-state index in [1.165, 1.54) is 37.8 Å². The van der Waals surface area contributed by atoms with Gasteiger partial charge in [0, 0.05) is 11.9 Å². The van der Waals surface area contributed by atoms with Gasteiger partial charge in [-0.05, 0) is 31.7 Å². The van der Waals surface area contributed by atoms with E-state index in [4.69, 9.17) is 0 Å². The number of rotatable bonds is 4. The monoisotopic (exact) mass is 224 g/mol. The smallest absolute Gasteiger partial charge is 0.0794 e. The topological polar surface area (TPSA) is 24.9 Å². The zero-order chi connectivity index (χ0) is 10.6. The molecule has 1 aliphatic carbocycles. The van der Waals surface area contributed by atoms with Crippen LogP contribution in [0.4, 0.5) is 0 Å². The first-order valence-corrected chi connectivity index (χ1v) is 6.81. The largest absolute Gasteiger partial charge is 0.319 e. The van der Waals surface area contributed by atoms with E-state index in [-0.39, 0.29) is 0 Å². The lowest BCUT2D eigenvalue weighted by Gasteiger charge is -2.36. The van der Waals surface area contributed by atoms with Crippen molar-refractivity contribution in [3.8, 4) is 0 Å². The quantitative estimate of drug-likeness (QED) is 0.850. The number of thiazole rings is 1. The number of hydrogen-bond acceptors (Lipinski definition) is 3. The van der Waals surface area contributed by atoms with E-state index in [2.05, 4.69) is 22.7 Å². The third kappa shape index (κ3) is 2.79. The minimum absolute atomic E-state index is 0.487. The molecule has 0 aliphatic heterocycles. The van der Waals surface area contributed by atoms with Crippen LogP contribution in [-0.2, 0) is 6.42 Å². The molecule has 2 nitrogen and oxygen atoms in total. The van der Waals surface area contributed by atoms with E-state index in [1.807, 2.05) is 5.51 Å². The molecule has 0 spiro atoms. The summed E-state index contributed by atoms with van der Waals surface area (Å²) in [6, 6.07) is 0. The lowest BCUT2D eigenvalue weighted by atomic mass is 9.71. The summed E-state index contributed by atoms with van der Waals surface area (Å²) in [7, 11) is 2.07. The van der Waals surface area contributed by atoms with Crippen LogP contribution in [0, 0.1) is 5.41 Å². The summed E-state index contributed by atoms with van der Waals surface area (Å²) >= 11 is 1.71. The molecule has 0 unspecified atom stereocenters. The molecule has 0 amide bonds. The fourth-order valence-electron chi connectivity index (χ4n) is 2.80. The second-order valence-electron chi connectivity index (χ2n) is 4.75. The van der Waals surface area contributed by atoms with Crippen molar-refractivity contribution in [1.29, 1.82) is 0 Å². The Hall–Kier alpha value is -0.410. The number of aromatic nitrogens is 1. The zero-order valence-corrected chi connectivity index (χ0v) is 10.3. The fraction of sp³-hybridized carbons (Fsp3) is 0.750. The Balaban J connectivity index is 2.04. The molecule has 1 heterocycles. The lowest BCUT2D eigenvalue weighted by molar-refractivity contribution is 0.183. The average molecular weight is 224 g/mol. The number of nitrogens with zero attached hydrogens (tertiary/aromatic N) is 1. The molecule has 1 aromatic rings. The van der Waals surface area contributed by atoms with Crippen LogP contribution in [0.1, 0.15) is 37.8 Å². The molecule has 1 aliphatic rings. The predicted octanol–water partition coefficient (Wildman–Crippen LogP) is 2.86. The van der Waals surface area contributed by atoms with Crippen LogP contribution in [0.5, 0.6) is 0 Å². The summed E-state index contributed by atoms with van der Waals surface area (Å²) < 4.78 is 0. The van der Waals surface area contributed by atoms with E-state index in [0.717, 1.165) is 13.0 Å². The summed E-state index contributed by atoms with van der Waals surface area (Å²) in [6.07, 6.45) is 8.11. The van der Waals surface area contributed by atoms with Crippen molar-refractivity contribution in [3.05, 3.63) is 16.6 Å². The molecule has 0 radical (unpaired) electrons. The second kappa shape index (κ2) is 5.08. The van der Waals surface area contributed by atoms with Gasteiger partial charge in [0.25, 0.3) is 0 Å². The Bertz CT molecular complexity index is 270. The van der Waals surface area contributed by atoms with Crippen LogP contribution in [0.3, 0.4) is 0 Å². The molecule has 0 aromatic carbocycles. The molecule has 15 heavy (non-hydrogen) atoms. The Morgan fingerprint density at radius 3 is 2.80 bits per heavy atom. The maximum atomic E-state index is 4.43. The summed E-state index contributed by atoms with van der Waals surface area (Å²) in [5, 5.41) is 5.57. The molecular weight excluding hydrogens is 204 g/mol. The number of nitrogens with one attached hydrogen (secondary N) is 1. The van der Waals surface area contributed by atoms with Crippen molar-refractivity contribution >= 4 is 11.3 Å². The van der Waals surface area contributed by atoms with Crippen molar-refractivity contribution in [2.24, 2.45) is 5.41 Å². The van der Waals surface area contributed by atoms with Crippen molar-refractivity contribution < 1.29 is 0 Å². The van der Waals surface area contributed by atoms with E-state index < -0.39 is 0 Å². The zero-order valence-electron chi connectivity index (χ0n) is 9.46. The minimum Gasteiger partial charge on any atom is -0.319 e. The fourth-order valence-corrected chi connectivity index (χ4v) is 3.36. The first-order chi connectivity index (χ1) is 7.35. The molecule has 0 saturated heterocycles. The molecule has 3 heteroatoms. The van der Waals surface area contributed by atoms with Crippen LogP contribution in [0.15, 0.2) is 10.9 Å². The van der Waals surface area contributed by atoms with Gasteiger partial charge in [-0.2, -0.15) is 0 Å². The van der Waals surface area contributed by atoms with Gasteiger partial charge in [0.15, 0.2) is 0 Å². The molecule has 1 fully saturated rings. The highest BCUT2D eigenvalue weighted by Crippen LogP contribution is 2.38. The van der Waals surface area contributed by atoms with E-state index in [1.54, 1.807) is 11.3 Å². The van der Waals surface area contributed by atoms with E-state index in [0.29, 0.717) is 5.41 Å². The number of hydrogen-bond donors (Lipinski definition) is 1. The molecule has 1 aromatic heterocycles. The van der Waals surface area contributed by atoms with Gasteiger partial charge in [-0.3, -0.25) is 0 Å². The molecule has 0 bridgehead atoms. The maximum absolute atomic E-state index is 4.43. The highest BCUT2D eigenvalue weighted by Gasteiger charge is 2.31. The van der Waals surface area contributed by atoms with Gasteiger partial charge < -0.3 is 5.32 Å². The predicted molar refractivity (Wildman–Crippen MR) is 65.3 cm³/mol. The Labute approximate surface area is 96.1 Å². The molecular formula is C12H20N2S. The van der Waals surface area contributed by atoms with Crippen molar-refractivity contribution in [2.75, 3.05) is 13.6 Å². The van der Waals surface area contributed by atoms with Crippen LogP contribution < -0.4 is 5.32 Å². The first-order valence-electron chi connectivity index (χ1n) is 5.86.